The van der Waals surface area contributed by atoms with Crippen LogP contribution in [0.25, 0.3) is 11.3 Å². The van der Waals surface area contributed by atoms with Gasteiger partial charge in [0, 0.05) is 17.5 Å². The molecule has 2 unspecified atom stereocenters. The third kappa shape index (κ3) is 4.01. The number of nitrogens with one attached hydrogen (secondary N) is 1. The second-order valence-corrected chi connectivity index (χ2v) is 8.13. The van der Waals surface area contributed by atoms with E-state index in [9.17, 15) is 4.21 Å². The van der Waals surface area contributed by atoms with Gasteiger partial charge in [-0.15, -0.1) is 11.3 Å². The standard InChI is InChI=1S/C16H21N3OS2/c1-19-9-5-8-14(11-19)22(20)17-10-16-18-15(12-21-16)13-6-3-2-4-7-13/h2-4,6-7,12,14,17H,5,8-11H2,1H3. The van der Waals surface area contributed by atoms with Crippen LogP contribution in [0, 0.1) is 0 Å². The van der Waals surface area contributed by atoms with E-state index in [-0.39, 0.29) is 5.25 Å². The van der Waals surface area contributed by atoms with Crippen molar-refractivity contribution in [3.8, 4) is 11.3 Å². The van der Waals surface area contributed by atoms with Crippen molar-refractivity contribution in [1.82, 2.24) is 14.6 Å². The van der Waals surface area contributed by atoms with Crippen molar-refractivity contribution in [2.45, 2.75) is 24.6 Å². The fourth-order valence-corrected chi connectivity index (χ4v) is 4.80. The van der Waals surface area contributed by atoms with E-state index >= 15 is 0 Å². The van der Waals surface area contributed by atoms with Crippen LogP contribution in [0.2, 0.25) is 0 Å². The summed E-state index contributed by atoms with van der Waals surface area (Å²) in [6.07, 6.45) is 2.17. The van der Waals surface area contributed by atoms with Gasteiger partial charge in [0.25, 0.3) is 0 Å². The Morgan fingerprint density at radius 1 is 1.41 bits per heavy atom. The molecule has 6 heteroatoms. The molecule has 1 aromatic heterocycles. The normalized spacial score (nSPS) is 20.9. The SMILES string of the molecule is CN1CCCC(S(=O)NCc2nc(-c3ccccc3)cs2)C1. The predicted octanol–water partition coefficient (Wildman–Crippen LogP) is 2.66. The third-order valence-electron chi connectivity index (χ3n) is 3.87. The Morgan fingerprint density at radius 2 is 2.23 bits per heavy atom. The quantitative estimate of drug-likeness (QED) is 0.914. The molecule has 1 aromatic carbocycles. The average molecular weight is 335 g/mol. The van der Waals surface area contributed by atoms with Gasteiger partial charge in [-0.1, -0.05) is 30.3 Å². The highest BCUT2D eigenvalue weighted by atomic mass is 32.2. The molecule has 118 valence electrons. The zero-order valence-corrected chi connectivity index (χ0v) is 14.3. The van der Waals surface area contributed by atoms with Crippen molar-refractivity contribution >= 4 is 22.3 Å². The fraction of sp³-hybridized carbons (Fsp3) is 0.438. The molecule has 0 amide bonds. The monoisotopic (exact) mass is 335 g/mol. The predicted molar refractivity (Wildman–Crippen MR) is 93.1 cm³/mol. The van der Waals surface area contributed by atoms with Crippen LogP contribution in [-0.4, -0.2) is 39.5 Å². The highest BCUT2D eigenvalue weighted by molar-refractivity contribution is 7.83. The number of piperidine rings is 1. The molecule has 0 bridgehead atoms. The molecular formula is C16H21N3OS2. The summed E-state index contributed by atoms with van der Waals surface area (Å²) in [4.78, 5) is 6.88. The summed E-state index contributed by atoms with van der Waals surface area (Å²) in [5.41, 5.74) is 2.12. The molecule has 0 saturated carbocycles. The number of thiazole rings is 1. The molecule has 1 N–H and O–H groups in total. The lowest BCUT2D eigenvalue weighted by Gasteiger charge is -2.28. The number of rotatable bonds is 5. The lowest BCUT2D eigenvalue weighted by molar-refractivity contribution is 0.280. The van der Waals surface area contributed by atoms with E-state index in [1.54, 1.807) is 11.3 Å². The van der Waals surface area contributed by atoms with Gasteiger partial charge < -0.3 is 4.90 Å². The van der Waals surface area contributed by atoms with E-state index in [0.717, 1.165) is 42.2 Å². The van der Waals surface area contributed by atoms with Crippen LogP contribution in [0.3, 0.4) is 0 Å². The van der Waals surface area contributed by atoms with Gasteiger partial charge in [-0.25, -0.2) is 13.9 Å². The lowest BCUT2D eigenvalue weighted by Crippen LogP contribution is -2.41. The number of likely N-dealkylation sites (tertiary alicyclic amines) is 1. The molecule has 1 fully saturated rings. The second kappa shape index (κ2) is 7.46. The summed E-state index contributed by atoms with van der Waals surface area (Å²) in [5.74, 6) is 0. The van der Waals surface area contributed by atoms with Gasteiger partial charge in [-0.3, -0.25) is 0 Å². The van der Waals surface area contributed by atoms with E-state index in [1.807, 2.05) is 18.2 Å². The van der Waals surface area contributed by atoms with Crippen LogP contribution in [0.15, 0.2) is 35.7 Å². The van der Waals surface area contributed by atoms with E-state index in [1.165, 1.54) is 0 Å². The maximum Gasteiger partial charge on any atom is 0.108 e. The molecule has 1 saturated heterocycles. The molecule has 1 aliphatic rings. The minimum Gasteiger partial charge on any atom is -0.305 e. The van der Waals surface area contributed by atoms with Crippen molar-refractivity contribution in [3.63, 3.8) is 0 Å². The summed E-state index contributed by atoms with van der Waals surface area (Å²) < 4.78 is 15.5. The van der Waals surface area contributed by atoms with Crippen LogP contribution in [0.4, 0.5) is 0 Å². The third-order valence-corrected chi connectivity index (χ3v) is 6.14. The number of aromatic nitrogens is 1. The Kier molecular flexibility index (Phi) is 5.36. The summed E-state index contributed by atoms with van der Waals surface area (Å²) in [7, 11) is 1.11. The summed E-state index contributed by atoms with van der Waals surface area (Å²) in [6.45, 7) is 2.59. The molecule has 0 aliphatic carbocycles. The van der Waals surface area contributed by atoms with E-state index in [2.05, 4.69) is 39.2 Å². The lowest BCUT2D eigenvalue weighted by atomic mass is 10.1. The first-order chi connectivity index (χ1) is 10.7. The van der Waals surface area contributed by atoms with Gasteiger partial charge in [0.2, 0.25) is 0 Å². The maximum absolute atomic E-state index is 12.3. The van der Waals surface area contributed by atoms with E-state index in [4.69, 9.17) is 0 Å². The Labute approximate surface area is 138 Å². The number of nitrogens with zero attached hydrogens (tertiary/aromatic N) is 2. The molecule has 22 heavy (non-hydrogen) atoms. The summed E-state index contributed by atoms with van der Waals surface area (Å²) >= 11 is 1.62. The Bertz CT molecular complexity index is 629. The Balaban J connectivity index is 1.56. The first kappa shape index (κ1) is 15.8. The number of benzene rings is 1. The summed E-state index contributed by atoms with van der Waals surface area (Å²) in [5, 5.41) is 3.27. The van der Waals surface area contributed by atoms with E-state index < -0.39 is 11.0 Å². The average Bonchev–Trinajstić information content (AvgIpc) is 3.02. The van der Waals surface area contributed by atoms with E-state index in [0.29, 0.717) is 6.54 Å². The van der Waals surface area contributed by atoms with Crippen molar-refractivity contribution in [3.05, 3.63) is 40.7 Å². The number of hydrogen-bond donors (Lipinski definition) is 1. The molecule has 2 aromatic rings. The molecule has 3 rings (SSSR count). The Hall–Kier alpha value is -1.08. The molecular weight excluding hydrogens is 314 g/mol. The fourth-order valence-electron chi connectivity index (χ4n) is 2.68. The first-order valence-corrected chi connectivity index (χ1v) is 9.64. The molecule has 1 aliphatic heterocycles. The van der Waals surface area contributed by atoms with Gasteiger partial charge in [-0.2, -0.15) is 0 Å². The molecule has 0 radical (unpaired) electrons. The van der Waals surface area contributed by atoms with Crippen molar-refractivity contribution in [2.75, 3.05) is 20.1 Å². The molecule has 0 spiro atoms. The van der Waals surface area contributed by atoms with Crippen molar-refractivity contribution in [2.24, 2.45) is 0 Å². The largest absolute Gasteiger partial charge is 0.305 e. The zero-order chi connectivity index (χ0) is 15.4. The number of hydrogen-bond acceptors (Lipinski definition) is 4. The van der Waals surface area contributed by atoms with Gasteiger partial charge >= 0.3 is 0 Å². The smallest absolute Gasteiger partial charge is 0.108 e. The van der Waals surface area contributed by atoms with Crippen molar-refractivity contribution in [1.29, 1.82) is 0 Å². The van der Waals surface area contributed by atoms with Crippen LogP contribution < -0.4 is 4.72 Å². The van der Waals surface area contributed by atoms with Gasteiger partial charge in [-0.05, 0) is 26.4 Å². The minimum atomic E-state index is -0.988. The van der Waals surface area contributed by atoms with Crippen molar-refractivity contribution < 1.29 is 4.21 Å². The topological polar surface area (TPSA) is 45.2 Å². The first-order valence-electron chi connectivity index (χ1n) is 7.55. The zero-order valence-electron chi connectivity index (χ0n) is 12.7. The summed E-state index contributed by atoms with van der Waals surface area (Å²) in [6, 6.07) is 10.1. The highest BCUT2D eigenvalue weighted by Gasteiger charge is 2.22. The van der Waals surface area contributed by atoms with Crippen LogP contribution in [0.5, 0.6) is 0 Å². The molecule has 2 heterocycles. The van der Waals surface area contributed by atoms with Gasteiger partial charge in [0.15, 0.2) is 0 Å². The van der Waals surface area contributed by atoms with Gasteiger partial charge in [0.05, 0.1) is 28.5 Å². The maximum atomic E-state index is 12.3. The van der Waals surface area contributed by atoms with Gasteiger partial charge in [0.1, 0.15) is 5.01 Å². The minimum absolute atomic E-state index is 0.229. The van der Waals surface area contributed by atoms with Crippen LogP contribution in [0.1, 0.15) is 17.8 Å². The highest BCUT2D eigenvalue weighted by Crippen LogP contribution is 2.21. The second-order valence-electron chi connectivity index (χ2n) is 5.64. The van der Waals surface area contributed by atoms with Crippen LogP contribution >= 0.6 is 11.3 Å². The molecule has 4 nitrogen and oxygen atoms in total. The molecule has 2 atom stereocenters. The Morgan fingerprint density at radius 3 is 3.00 bits per heavy atom. The van der Waals surface area contributed by atoms with Crippen LogP contribution in [-0.2, 0) is 17.5 Å².